The van der Waals surface area contributed by atoms with Crippen molar-refractivity contribution < 1.29 is 19.7 Å². The number of ether oxygens (including phenoxy) is 1. The second kappa shape index (κ2) is 10.4. The largest absolute Gasteiger partial charge is 0.493 e. The standard InChI is InChI=1S/C19H23Cl3O4/c20-12-7-13(21)9-14(8-12)26-11-16-15(17(22)10-18(16)23)5-3-1-2-4-6-19(24)25/h1,3,7-9,15-18,23H,2,4-6,10-11H2,(H,24,25)/b3-1-/t15-,16-,17-,18-/m1/s1. The van der Waals surface area contributed by atoms with Crippen molar-refractivity contribution in [1.82, 2.24) is 0 Å². The van der Waals surface area contributed by atoms with E-state index >= 15 is 0 Å². The Morgan fingerprint density at radius 1 is 1.19 bits per heavy atom. The van der Waals surface area contributed by atoms with Gasteiger partial charge in [0.05, 0.1) is 12.7 Å². The Bertz CT molecular complexity index is 615. The fraction of sp³-hybridized carbons (Fsp3) is 0.526. The van der Waals surface area contributed by atoms with E-state index in [0.717, 1.165) is 12.8 Å². The van der Waals surface area contributed by atoms with Gasteiger partial charge in [0, 0.05) is 27.8 Å². The zero-order valence-electron chi connectivity index (χ0n) is 14.3. The summed E-state index contributed by atoms with van der Waals surface area (Å²) in [5.74, 6) is -0.205. The summed E-state index contributed by atoms with van der Waals surface area (Å²) in [5.41, 5.74) is 0. The van der Waals surface area contributed by atoms with Crippen LogP contribution in [0.15, 0.2) is 30.4 Å². The molecular formula is C19H23Cl3O4. The molecule has 4 nitrogen and oxygen atoms in total. The van der Waals surface area contributed by atoms with E-state index in [9.17, 15) is 9.90 Å². The van der Waals surface area contributed by atoms with Crippen molar-refractivity contribution in [1.29, 1.82) is 0 Å². The molecule has 0 aromatic heterocycles. The maximum atomic E-state index is 10.5. The van der Waals surface area contributed by atoms with Crippen LogP contribution < -0.4 is 4.74 Å². The highest BCUT2D eigenvalue weighted by atomic mass is 35.5. The number of benzene rings is 1. The van der Waals surface area contributed by atoms with Gasteiger partial charge >= 0.3 is 5.97 Å². The lowest BCUT2D eigenvalue weighted by Crippen LogP contribution is -2.27. The van der Waals surface area contributed by atoms with E-state index in [1.165, 1.54) is 0 Å². The highest BCUT2D eigenvalue weighted by Crippen LogP contribution is 2.39. The quantitative estimate of drug-likeness (QED) is 0.327. The predicted molar refractivity (Wildman–Crippen MR) is 104 cm³/mol. The second-order valence-corrected chi connectivity index (χ2v) is 7.99. The molecule has 1 fully saturated rings. The Morgan fingerprint density at radius 2 is 1.88 bits per heavy atom. The van der Waals surface area contributed by atoms with Crippen LogP contribution >= 0.6 is 34.8 Å². The number of allylic oxidation sites excluding steroid dienone is 2. The van der Waals surface area contributed by atoms with Crippen molar-refractivity contribution in [3.63, 3.8) is 0 Å². The molecule has 144 valence electrons. The molecule has 1 aromatic rings. The maximum Gasteiger partial charge on any atom is 0.303 e. The molecule has 0 saturated heterocycles. The molecular weight excluding hydrogens is 399 g/mol. The smallest absolute Gasteiger partial charge is 0.303 e. The van der Waals surface area contributed by atoms with Crippen molar-refractivity contribution in [2.75, 3.05) is 6.61 Å². The topological polar surface area (TPSA) is 66.8 Å². The third kappa shape index (κ3) is 6.66. The summed E-state index contributed by atoms with van der Waals surface area (Å²) in [6.45, 7) is 0.332. The van der Waals surface area contributed by atoms with Crippen LogP contribution in [-0.2, 0) is 4.79 Å². The summed E-state index contributed by atoms with van der Waals surface area (Å²) in [6.07, 6.45) is 6.24. The number of aliphatic hydroxyl groups is 1. The zero-order chi connectivity index (χ0) is 19.1. The summed E-state index contributed by atoms with van der Waals surface area (Å²) >= 11 is 18.4. The van der Waals surface area contributed by atoms with Gasteiger partial charge in [-0.3, -0.25) is 4.79 Å². The number of alkyl halides is 1. The van der Waals surface area contributed by atoms with Crippen LogP contribution in [0.1, 0.15) is 32.1 Å². The maximum absolute atomic E-state index is 10.5. The van der Waals surface area contributed by atoms with Crippen molar-refractivity contribution in [2.24, 2.45) is 11.8 Å². The number of aliphatic carboxylic acids is 1. The van der Waals surface area contributed by atoms with Gasteiger partial charge in [0.1, 0.15) is 5.75 Å². The summed E-state index contributed by atoms with van der Waals surface area (Å²) in [4.78, 5) is 10.5. The van der Waals surface area contributed by atoms with Gasteiger partial charge < -0.3 is 14.9 Å². The molecule has 0 aliphatic heterocycles. The van der Waals surface area contributed by atoms with E-state index in [1.54, 1.807) is 18.2 Å². The Labute approximate surface area is 168 Å². The third-order valence-electron chi connectivity index (χ3n) is 4.59. The van der Waals surface area contributed by atoms with Crippen LogP contribution in [0.4, 0.5) is 0 Å². The van der Waals surface area contributed by atoms with Crippen LogP contribution in [-0.4, -0.2) is 34.3 Å². The molecule has 0 unspecified atom stereocenters. The van der Waals surface area contributed by atoms with Gasteiger partial charge in [-0.25, -0.2) is 0 Å². The molecule has 2 rings (SSSR count). The lowest BCUT2D eigenvalue weighted by molar-refractivity contribution is -0.137. The van der Waals surface area contributed by atoms with Gasteiger partial charge in [-0.2, -0.15) is 0 Å². The monoisotopic (exact) mass is 420 g/mol. The van der Waals surface area contributed by atoms with E-state index in [2.05, 4.69) is 0 Å². The van der Waals surface area contributed by atoms with Gasteiger partial charge in [-0.15, -0.1) is 11.6 Å². The van der Waals surface area contributed by atoms with Crippen LogP contribution in [0.2, 0.25) is 10.0 Å². The van der Waals surface area contributed by atoms with Gasteiger partial charge in [0.15, 0.2) is 0 Å². The van der Waals surface area contributed by atoms with E-state index in [4.69, 9.17) is 44.6 Å². The van der Waals surface area contributed by atoms with Crippen molar-refractivity contribution in [3.8, 4) is 5.75 Å². The molecule has 0 bridgehead atoms. The van der Waals surface area contributed by atoms with Gasteiger partial charge in [0.25, 0.3) is 0 Å². The molecule has 4 atom stereocenters. The number of hydrogen-bond acceptors (Lipinski definition) is 3. The summed E-state index contributed by atoms with van der Waals surface area (Å²) in [6, 6.07) is 5.00. The molecule has 0 heterocycles. The number of carboxylic acids is 1. The fourth-order valence-corrected chi connectivity index (χ4v) is 4.22. The van der Waals surface area contributed by atoms with Crippen LogP contribution in [0, 0.1) is 11.8 Å². The molecule has 1 saturated carbocycles. The second-order valence-electron chi connectivity index (χ2n) is 6.56. The van der Waals surface area contributed by atoms with E-state index < -0.39 is 12.1 Å². The third-order valence-corrected chi connectivity index (χ3v) is 5.53. The average molecular weight is 422 g/mol. The molecule has 2 N–H and O–H groups in total. The number of unbranched alkanes of at least 4 members (excludes halogenated alkanes) is 1. The van der Waals surface area contributed by atoms with E-state index in [0.29, 0.717) is 35.2 Å². The Hall–Kier alpha value is -0.940. The Balaban J connectivity index is 1.88. The molecule has 1 aliphatic carbocycles. The predicted octanol–water partition coefficient (Wildman–Crippen LogP) is 5.18. The number of halogens is 3. The van der Waals surface area contributed by atoms with Gasteiger partial charge in [-0.05, 0) is 49.8 Å². The number of hydrogen-bond donors (Lipinski definition) is 2. The van der Waals surface area contributed by atoms with Gasteiger partial charge in [-0.1, -0.05) is 35.4 Å². The fourth-order valence-electron chi connectivity index (χ4n) is 3.24. The molecule has 1 aliphatic rings. The zero-order valence-corrected chi connectivity index (χ0v) is 16.6. The molecule has 0 radical (unpaired) electrons. The number of rotatable bonds is 9. The first-order valence-corrected chi connectivity index (χ1v) is 9.84. The summed E-state index contributed by atoms with van der Waals surface area (Å²) in [5, 5.41) is 19.8. The lowest BCUT2D eigenvalue weighted by Gasteiger charge is -2.22. The minimum atomic E-state index is -0.781. The van der Waals surface area contributed by atoms with Crippen LogP contribution in [0.3, 0.4) is 0 Å². The number of aliphatic hydroxyl groups excluding tert-OH is 1. The number of carbonyl (C=O) groups is 1. The Morgan fingerprint density at radius 3 is 2.54 bits per heavy atom. The van der Waals surface area contributed by atoms with Crippen LogP contribution in [0.5, 0.6) is 5.75 Å². The van der Waals surface area contributed by atoms with E-state index in [1.807, 2.05) is 12.2 Å². The molecule has 0 amide bonds. The lowest BCUT2D eigenvalue weighted by atomic mass is 9.92. The minimum absolute atomic E-state index is 0.0843. The van der Waals surface area contributed by atoms with Gasteiger partial charge in [0.2, 0.25) is 0 Å². The highest BCUT2D eigenvalue weighted by Gasteiger charge is 2.41. The highest BCUT2D eigenvalue weighted by molar-refractivity contribution is 6.34. The molecule has 26 heavy (non-hydrogen) atoms. The van der Waals surface area contributed by atoms with E-state index in [-0.39, 0.29) is 23.6 Å². The van der Waals surface area contributed by atoms with Crippen molar-refractivity contribution in [2.45, 2.75) is 43.6 Å². The first-order valence-electron chi connectivity index (χ1n) is 8.64. The average Bonchev–Trinajstić information content (AvgIpc) is 2.81. The Kier molecular flexibility index (Phi) is 8.55. The summed E-state index contributed by atoms with van der Waals surface area (Å²) in [7, 11) is 0. The SMILES string of the molecule is O=C(O)CCC/C=C\C[C@@H]1[C@@H](COc2cc(Cl)cc(Cl)c2)[C@H](O)C[C@H]1Cl. The summed E-state index contributed by atoms with van der Waals surface area (Å²) < 4.78 is 5.79. The molecule has 0 spiro atoms. The van der Waals surface area contributed by atoms with Crippen molar-refractivity contribution >= 4 is 40.8 Å². The minimum Gasteiger partial charge on any atom is -0.493 e. The first-order chi connectivity index (χ1) is 12.4. The van der Waals surface area contributed by atoms with Crippen molar-refractivity contribution in [3.05, 3.63) is 40.4 Å². The molecule has 1 aromatic carbocycles. The molecule has 7 heteroatoms. The normalized spacial score (nSPS) is 25.7. The first kappa shape index (κ1) is 21.4. The number of carboxylic acid groups (broad SMARTS) is 1. The van der Waals surface area contributed by atoms with Crippen LogP contribution in [0.25, 0.3) is 0 Å².